The summed E-state index contributed by atoms with van der Waals surface area (Å²) in [6.07, 6.45) is 3.39. The summed E-state index contributed by atoms with van der Waals surface area (Å²) in [6.45, 7) is 3.74. The Kier molecular flexibility index (Phi) is 3.94. The van der Waals surface area contributed by atoms with E-state index in [0.29, 0.717) is 5.56 Å². The number of carboxylic acids is 1. The molecule has 0 amide bonds. The second-order valence-electron chi connectivity index (χ2n) is 4.06. The van der Waals surface area contributed by atoms with Gasteiger partial charge in [0.15, 0.2) is 0 Å². The average molecular weight is 250 g/mol. The fourth-order valence-corrected chi connectivity index (χ4v) is 1.87. The predicted octanol–water partition coefficient (Wildman–Crippen LogP) is 3.95. The van der Waals surface area contributed by atoms with E-state index < -0.39 is 5.97 Å². The molecule has 2 heteroatoms. The fourth-order valence-electron chi connectivity index (χ4n) is 1.87. The number of rotatable bonds is 4. The van der Waals surface area contributed by atoms with Gasteiger partial charge >= 0.3 is 5.97 Å². The molecule has 0 aromatic heterocycles. The third-order valence-electron chi connectivity index (χ3n) is 2.83. The van der Waals surface area contributed by atoms with E-state index >= 15 is 0 Å². The molecule has 94 valence electrons. The standard InChI is InChI=1S/C17H14O2/c1-2-13-8-6-7-11-15(13)12-16(17(18)19)14-9-4-3-5-10-14/h2-12H,1H2,(H,18,19)/b16-12+. The summed E-state index contributed by atoms with van der Waals surface area (Å²) >= 11 is 0. The zero-order valence-electron chi connectivity index (χ0n) is 10.4. The normalized spacial score (nSPS) is 11.1. The van der Waals surface area contributed by atoms with Gasteiger partial charge in [0.05, 0.1) is 5.57 Å². The summed E-state index contributed by atoms with van der Waals surface area (Å²) < 4.78 is 0. The predicted molar refractivity (Wildman–Crippen MR) is 78.5 cm³/mol. The zero-order chi connectivity index (χ0) is 13.7. The molecule has 1 N–H and O–H groups in total. The molecule has 19 heavy (non-hydrogen) atoms. The van der Waals surface area contributed by atoms with Crippen LogP contribution in [0.4, 0.5) is 0 Å². The van der Waals surface area contributed by atoms with Gasteiger partial charge < -0.3 is 5.11 Å². The third-order valence-corrected chi connectivity index (χ3v) is 2.83. The van der Waals surface area contributed by atoms with Crippen LogP contribution in [0.25, 0.3) is 17.7 Å². The highest BCUT2D eigenvalue weighted by molar-refractivity contribution is 6.20. The topological polar surface area (TPSA) is 37.3 Å². The lowest BCUT2D eigenvalue weighted by Gasteiger charge is -2.05. The van der Waals surface area contributed by atoms with Gasteiger partial charge in [-0.25, -0.2) is 4.79 Å². The molecule has 0 saturated heterocycles. The summed E-state index contributed by atoms with van der Waals surface area (Å²) in [5, 5.41) is 9.36. The van der Waals surface area contributed by atoms with Gasteiger partial charge in [0, 0.05) is 0 Å². The summed E-state index contributed by atoms with van der Waals surface area (Å²) in [4.78, 5) is 11.4. The van der Waals surface area contributed by atoms with Crippen molar-refractivity contribution in [3.63, 3.8) is 0 Å². The largest absolute Gasteiger partial charge is 0.478 e. The van der Waals surface area contributed by atoms with Crippen LogP contribution in [-0.4, -0.2) is 11.1 Å². The second-order valence-corrected chi connectivity index (χ2v) is 4.06. The molecule has 2 rings (SSSR count). The third kappa shape index (κ3) is 2.99. The maximum atomic E-state index is 11.4. The van der Waals surface area contributed by atoms with Crippen LogP contribution >= 0.6 is 0 Å². The lowest BCUT2D eigenvalue weighted by atomic mass is 10.00. The molecule has 0 radical (unpaired) electrons. The van der Waals surface area contributed by atoms with Crippen LogP contribution < -0.4 is 0 Å². The molecular formula is C17H14O2. The highest BCUT2D eigenvalue weighted by atomic mass is 16.4. The van der Waals surface area contributed by atoms with Crippen LogP contribution in [0.1, 0.15) is 16.7 Å². The van der Waals surface area contributed by atoms with Crippen molar-refractivity contribution in [2.24, 2.45) is 0 Å². The highest BCUT2D eigenvalue weighted by Crippen LogP contribution is 2.21. The summed E-state index contributed by atoms with van der Waals surface area (Å²) in [6, 6.07) is 16.7. The second kappa shape index (κ2) is 5.83. The van der Waals surface area contributed by atoms with Gasteiger partial charge in [-0.05, 0) is 22.8 Å². The van der Waals surface area contributed by atoms with Crippen molar-refractivity contribution in [1.82, 2.24) is 0 Å². The Hall–Kier alpha value is -2.61. The number of hydrogen-bond donors (Lipinski definition) is 1. The maximum absolute atomic E-state index is 11.4. The average Bonchev–Trinajstić information content (AvgIpc) is 2.45. The van der Waals surface area contributed by atoms with E-state index in [9.17, 15) is 9.90 Å². The van der Waals surface area contributed by atoms with Gasteiger partial charge in [0.2, 0.25) is 0 Å². The number of carbonyl (C=O) groups is 1. The van der Waals surface area contributed by atoms with Crippen LogP contribution in [0.2, 0.25) is 0 Å². The van der Waals surface area contributed by atoms with Crippen molar-refractivity contribution < 1.29 is 9.90 Å². The highest BCUT2D eigenvalue weighted by Gasteiger charge is 2.10. The van der Waals surface area contributed by atoms with E-state index in [1.54, 1.807) is 24.3 Å². The molecule has 2 aromatic rings. The van der Waals surface area contributed by atoms with Crippen molar-refractivity contribution >= 4 is 23.7 Å². The Morgan fingerprint density at radius 2 is 1.53 bits per heavy atom. The van der Waals surface area contributed by atoms with E-state index in [0.717, 1.165) is 11.1 Å². The first-order valence-corrected chi connectivity index (χ1v) is 5.94. The number of hydrogen-bond acceptors (Lipinski definition) is 1. The fraction of sp³-hybridized carbons (Fsp3) is 0. The van der Waals surface area contributed by atoms with Crippen molar-refractivity contribution in [3.05, 3.63) is 77.9 Å². The number of aliphatic carboxylic acids is 1. The lowest BCUT2D eigenvalue weighted by Crippen LogP contribution is -1.99. The van der Waals surface area contributed by atoms with Crippen molar-refractivity contribution in [1.29, 1.82) is 0 Å². The molecule has 0 bridgehead atoms. The van der Waals surface area contributed by atoms with Gasteiger partial charge in [0.1, 0.15) is 0 Å². The van der Waals surface area contributed by atoms with E-state index in [4.69, 9.17) is 0 Å². The molecule has 0 unspecified atom stereocenters. The first-order valence-electron chi connectivity index (χ1n) is 5.94. The van der Waals surface area contributed by atoms with Crippen molar-refractivity contribution in [3.8, 4) is 0 Å². The quantitative estimate of drug-likeness (QED) is 0.659. The Morgan fingerprint density at radius 3 is 2.11 bits per heavy atom. The molecule has 0 aliphatic heterocycles. The Morgan fingerprint density at radius 1 is 0.947 bits per heavy atom. The first-order chi connectivity index (χ1) is 9.22. The summed E-state index contributed by atoms with van der Waals surface area (Å²) in [7, 11) is 0. The molecular weight excluding hydrogens is 236 g/mol. The number of benzene rings is 2. The smallest absolute Gasteiger partial charge is 0.336 e. The van der Waals surface area contributed by atoms with Crippen LogP contribution in [0.15, 0.2) is 61.2 Å². The van der Waals surface area contributed by atoms with E-state index in [1.165, 1.54) is 0 Å². The van der Waals surface area contributed by atoms with Gasteiger partial charge in [0.25, 0.3) is 0 Å². The Balaban J connectivity index is 2.54. The van der Waals surface area contributed by atoms with Crippen molar-refractivity contribution in [2.45, 2.75) is 0 Å². The molecule has 0 spiro atoms. The van der Waals surface area contributed by atoms with Gasteiger partial charge in [-0.1, -0.05) is 67.3 Å². The van der Waals surface area contributed by atoms with Gasteiger partial charge in [-0.3, -0.25) is 0 Å². The molecule has 0 atom stereocenters. The minimum Gasteiger partial charge on any atom is -0.478 e. The van der Waals surface area contributed by atoms with Crippen LogP contribution in [0.3, 0.4) is 0 Å². The maximum Gasteiger partial charge on any atom is 0.336 e. The lowest BCUT2D eigenvalue weighted by molar-refractivity contribution is -0.130. The zero-order valence-corrected chi connectivity index (χ0v) is 10.4. The van der Waals surface area contributed by atoms with Crippen molar-refractivity contribution in [2.75, 3.05) is 0 Å². The molecule has 0 aliphatic rings. The summed E-state index contributed by atoms with van der Waals surface area (Å²) in [5.74, 6) is -0.940. The minimum absolute atomic E-state index is 0.273. The first kappa shape index (κ1) is 12.8. The van der Waals surface area contributed by atoms with Crippen LogP contribution in [0, 0.1) is 0 Å². The summed E-state index contributed by atoms with van der Waals surface area (Å²) in [5.41, 5.74) is 2.72. The molecule has 0 aliphatic carbocycles. The van der Waals surface area contributed by atoms with Gasteiger partial charge in [-0.15, -0.1) is 0 Å². The molecule has 0 heterocycles. The SMILES string of the molecule is C=Cc1ccccc1/C=C(/C(=O)O)c1ccccc1. The molecule has 0 fully saturated rings. The number of carboxylic acid groups (broad SMARTS) is 1. The van der Waals surface area contributed by atoms with Crippen LogP contribution in [0.5, 0.6) is 0 Å². The van der Waals surface area contributed by atoms with Gasteiger partial charge in [-0.2, -0.15) is 0 Å². The molecule has 2 nitrogen and oxygen atoms in total. The van der Waals surface area contributed by atoms with E-state index in [1.807, 2.05) is 42.5 Å². The van der Waals surface area contributed by atoms with E-state index in [-0.39, 0.29) is 5.57 Å². The molecule has 2 aromatic carbocycles. The van der Waals surface area contributed by atoms with Crippen LogP contribution in [-0.2, 0) is 4.79 Å². The molecule has 0 saturated carbocycles. The van der Waals surface area contributed by atoms with E-state index in [2.05, 4.69) is 6.58 Å². The Labute approximate surface area is 112 Å². The monoisotopic (exact) mass is 250 g/mol. The minimum atomic E-state index is -0.940. The Bertz CT molecular complexity index is 625.